The molecule has 1 aromatic carbocycles. The van der Waals surface area contributed by atoms with Gasteiger partial charge in [0, 0.05) is 28.2 Å². The molecule has 0 amide bonds. The first kappa shape index (κ1) is 17.9. The van der Waals surface area contributed by atoms with Crippen LogP contribution >= 0.6 is 11.6 Å². The van der Waals surface area contributed by atoms with E-state index in [2.05, 4.69) is 5.32 Å². The zero-order chi connectivity index (χ0) is 17.0. The van der Waals surface area contributed by atoms with E-state index in [0.29, 0.717) is 11.3 Å². The molecule has 0 bridgehead atoms. The van der Waals surface area contributed by atoms with Crippen molar-refractivity contribution in [1.29, 1.82) is 0 Å². The first-order valence-electron chi connectivity index (χ1n) is 7.60. The van der Waals surface area contributed by atoms with E-state index in [-0.39, 0.29) is 17.0 Å². The third-order valence-electron chi connectivity index (χ3n) is 4.20. The lowest BCUT2D eigenvalue weighted by molar-refractivity contribution is -0.137. The van der Waals surface area contributed by atoms with E-state index in [1.165, 1.54) is 6.07 Å². The molecule has 2 rings (SSSR count). The van der Waals surface area contributed by atoms with E-state index in [1.54, 1.807) is 13.0 Å². The van der Waals surface area contributed by atoms with E-state index in [4.69, 9.17) is 11.6 Å². The van der Waals surface area contributed by atoms with E-state index >= 15 is 0 Å². The van der Waals surface area contributed by atoms with Gasteiger partial charge in [-0.1, -0.05) is 17.7 Å². The highest BCUT2D eigenvalue weighted by Crippen LogP contribution is 2.34. The molecule has 0 unspecified atom stereocenters. The SMILES string of the molecule is CC=C(NC1CCC(C=O)CC1)c1cc(C(F)(F)F)ccc1Cl. The summed E-state index contributed by atoms with van der Waals surface area (Å²) in [5, 5.41) is 3.56. The average molecular weight is 346 g/mol. The lowest BCUT2D eigenvalue weighted by atomic mass is 9.86. The highest BCUT2D eigenvalue weighted by molar-refractivity contribution is 6.32. The van der Waals surface area contributed by atoms with Crippen LogP contribution in [0.2, 0.25) is 5.02 Å². The average Bonchev–Trinajstić information content (AvgIpc) is 2.53. The van der Waals surface area contributed by atoms with Crippen LogP contribution in [-0.4, -0.2) is 12.3 Å². The molecule has 0 aliphatic heterocycles. The maximum Gasteiger partial charge on any atom is 0.416 e. The molecule has 1 fully saturated rings. The number of hydrogen-bond acceptors (Lipinski definition) is 2. The predicted octanol–water partition coefficient (Wildman–Crippen LogP) is 5.07. The summed E-state index contributed by atoms with van der Waals surface area (Å²) in [4.78, 5) is 10.8. The quantitative estimate of drug-likeness (QED) is 0.772. The Morgan fingerprint density at radius 1 is 1.26 bits per heavy atom. The number of benzene rings is 1. The van der Waals surface area contributed by atoms with Gasteiger partial charge in [0.05, 0.1) is 5.56 Å². The molecule has 0 atom stereocenters. The summed E-state index contributed by atoms with van der Waals surface area (Å²) in [6, 6.07) is 3.47. The number of hydrogen-bond donors (Lipinski definition) is 1. The minimum Gasteiger partial charge on any atom is -0.382 e. The van der Waals surface area contributed by atoms with Crippen molar-refractivity contribution in [1.82, 2.24) is 5.32 Å². The number of alkyl halides is 3. The molecule has 1 aliphatic rings. The lowest BCUT2D eigenvalue weighted by Gasteiger charge is -2.28. The standard InChI is InChI=1S/C17H19ClF3NO/c1-2-16(22-13-6-3-11(10-23)4-7-13)14-9-12(17(19,20)21)5-8-15(14)18/h2,5,8-11,13,22H,3-4,6-7H2,1H3. The second-order valence-corrected chi connectivity index (χ2v) is 6.19. The summed E-state index contributed by atoms with van der Waals surface area (Å²) in [7, 11) is 0. The highest BCUT2D eigenvalue weighted by atomic mass is 35.5. The number of rotatable bonds is 4. The number of halogens is 4. The Balaban J connectivity index is 2.17. The maximum absolute atomic E-state index is 12.9. The monoisotopic (exact) mass is 345 g/mol. The first-order chi connectivity index (χ1) is 10.8. The second-order valence-electron chi connectivity index (χ2n) is 5.79. The Labute approximate surface area is 138 Å². The zero-order valence-electron chi connectivity index (χ0n) is 12.8. The molecular weight excluding hydrogens is 327 g/mol. The first-order valence-corrected chi connectivity index (χ1v) is 7.98. The van der Waals surface area contributed by atoms with Gasteiger partial charge < -0.3 is 10.1 Å². The summed E-state index contributed by atoms with van der Waals surface area (Å²) in [6.07, 6.45) is 1.54. The van der Waals surface area contributed by atoms with Gasteiger partial charge in [-0.25, -0.2) is 0 Å². The van der Waals surface area contributed by atoms with Crippen LogP contribution in [0.1, 0.15) is 43.7 Å². The normalized spacial score (nSPS) is 22.7. The summed E-state index contributed by atoms with van der Waals surface area (Å²) >= 11 is 6.09. The minimum atomic E-state index is -4.40. The molecule has 1 saturated carbocycles. The molecule has 23 heavy (non-hydrogen) atoms. The molecule has 2 nitrogen and oxygen atoms in total. The van der Waals surface area contributed by atoms with Crippen LogP contribution in [0.3, 0.4) is 0 Å². The Morgan fingerprint density at radius 2 is 1.91 bits per heavy atom. The van der Waals surface area contributed by atoms with Gasteiger partial charge in [0.2, 0.25) is 0 Å². The lowest BCUT2D eigenvalue weighted by Crippen LogP contribution is -2.32. The number of carbonyl (C=O) groups excluding carboxylic acids is 1. The number of nitrogens with one attached hydrogen (secondary N) is 1. The zero-order valence-corrected chi connectivity index (χ0v) is 13.5. The number of allylic oxidation sites excluding steroid dienone is 1. The van der Waals surface area contributed by atoms with Crippen molar-refractivity contribution >= 4 is 23.6 Å². The molecule has 0 spiro atoms. The molecular formula is C17H19ClF3NO. The fourth-order valence-electron chi connectivity index (χ4n) is 2.84. The summed E-state index contributed by atoms with van der Waals surface area (Å²) in [5.74, 6) is 0.0965. The molecule has 126 valence electrons. The van der Waals surface area contributed by atoms with Gasteiger partial charge in [0.25, 0.3) is 0 Å². The summed E-state index contributed by atoms with van der Waals surface area (Å²) in [6.45, 7) is 1.76. The number of carbonyl (C=O) groups is 1. The van der Waals surface area contributed by atoms with Crippen LogP contribution in [-0.2, 0) is 11.0 Å². The smallest absolute Gasteiger partial charge is 0.382 e. The molecule has 0 radical (unpaired) electrons. The Bertz CT molecular complexity index is 590. The van der Waals surface area contributed by atoms with Crippen LogP contribution in [0.15, 0.2) is 24.3 Å². The van der Waals surface area contributed by atoms with Crippen molar-refractivity contribution in [2.24, 2.45) is 5.92 Å². The van der Waals surface area contributed by atoms with Crippen LogP contribution in [0.4, 0.5) is 13.2 Å². The van der Waals surface area contributed by atoms with Gasteiger partial charge in [-0.05, 0) is 50.8 Å². The van der Waals surface area contributed by atoms with Gasteiger partial charge in [0.15, 0.2) is 0 Å². The van der Waals surface area contributed by atoms with Gasteiger partial charge in [-0.2, -0.15) is 13.2 Å². The van der Waals surface area contributed by atoms with Gasteiger partial charge in [-0.3, -0.25) is 0 Å². The maximum atomic E-state index is 12.9. The van der Waals surface area contributed by atoms with Crippen LogP contribution in [0, 0.1) is 5.92 Å². The van der Waals surface area contributed by atoms with Crippen molar-refractivity contribution < 1.29 is 18.0 Å². The van der Waals surface area contributed by atoms with Crippen LogP contribution in [0.5, 0.6) is 0 Å². The highest BCUT2D eigenvalue weighted by Gasteiger charge is 2.31. The van der Waals surface area contributed by atoms with E-state index < -0.39 is 11.7 Å². The third-order valence-corrected chi connectivity index (χ3v) is 4.53. The van der Waals surface area contributed by atoms with Crippen molar-refractivity contribution in [3.05, 3.63) is 40.4 Å². The fraction of sp³-hybridized carbons (Fsp3) is 0.471. The molecule has 6 heteroatoms. The van der Waals surface area contributed by atoms with E-state index in [0.717, 1.165) is 44.1 Å². The number of aldehydes is 1. The summed E-state index contributed by atoms with van der Waals surface area (Å²) in [5.41, 5.74) is 0.222. The van der Waals surface area contributed by atoms with Gasteiger partial charge in [0.1, 0.15) is 6.29 Å². The molecule has 1 aromatic rings. The van der Waals surface area contributed by atoms with Crippen molar-refractivity contribution in [3.8, 4) is 0 Å². The molecule has 0 saturated heterocycles. The second kappa shape index (κ2) is 7.39. The fourth-order valence-corrected chi connectivity index (χ4v) is 3.06. The largest absolute Gasteiger partial charge is 0.416 e. The van der Waals surface area contributed by atoms with Gasteiger partial charge in [-0.15, -0.1) is 0 Å². The Hall–Kier alpha value is -1.49. The third kappa shape index (κ3) is 4.50. The molecule has 1 aliphatic carbocycles. The molecule has 0 aromatic heterocycles. The van der Waals surface area contributed by atoms with Gasteiger partial charge >= 0.3 is 6.18 Å². The Kier molecular flexibility index (Phi) is 5.74. The van der Waals surface area contributed by atoms with Crippen molar-refractivity contribution in [3.63, 3.8) is 0 Å². The minimum absolute atomic E-state index is 0.0965. The van der Waals surface area contributed by atoms with E-state index in [1.807, 2.05) is 0 Å². The Morgan fingerprint density at radius 3 is 2.43 bits per heavy atom. The van der Waals surface area contributed by atoms with E-state index in [9.17, 15) is 18.0 Å². The molecule has 1 N–H and O–H groups in total. The van der Waals surface area contributed by atoms with Crippen LogP contribution in [0.25, 0.3) is 5.70 Å². The predicted molar refractivity (Wildman–Crippen MR) is 85.1 cm³/mol. The molecule has 0 heterocycles. The van der Waals surface area contributed by atoms with Crippen LogP contribution < -0.4 is 5.32 Å². The topological polar surface area (TPSA) is 29.1 Å². The van der Waals surface area contributed by atoms with Crippen molar-refractivity contribution in [2.45, 2.75) is 44.8 Å². The summed E-state index contributed by atoms with van der Waals surface area (Å²) < 4.78 is 38.7. The van der Waals surface area contributed by atoms with Crippen molar-refractivity contribution in [2.75, 3.05) is 0 Å².